The van der Waals surface area contributed by atoms with Gasteiger partial charge in [-0.1, -0.05) is 54.1 Å². The molecule has 0 aliphatic rings. The van der Waals surface area contributed by atoms with Gasteiger partial charge in [0.1, 0.15) is 0 Å². The molecule has 0 saturated carbocycles. The fourth-order valence-corrected chi connectivity index (χ4v) is 2.90. The van der Waals surface area contributed by atoms with Crippen LogP contribution >= 0.6 is 23.8 Å². The van der Waals surface area contributed by atoms with Gasteiger partial charge in [-0.3, -0.25) is 4.68 Å². The third-order valence-electron chi connectivity index (χ3n) is 3.80. The van der Waals surface area contributed by atoms with Crippen LogP contribution in [0, 0.1) is 0 Å². The summed E-state index contributed by atoms with van der Waals surface area (Å²) >= 11 is 11.3. The molecule has 3 rings (SSSR count). The van der Waals surface area contributed by atoms with Crippen LogP contribution in [-0.4, -0.2) is 14.9 Å². The minimum Gasteiger partial charge on any atom is -0.356 e. The molecular weight excluding hydrogens is 352 g/mol. The van der Waals surface area contributed by atoms with Crippen LogP contribution < -0.4 is 10.6 Å². The van der Waals surface area contributed by atoms with Crippen LogP contribution in [0.2, 0.25) is 5.02 Å². The molecule has 2 N–H and O–H groups in total. The maximum Gasteiger partial charge on any atom is 0.171 e. The number of anilines is 1. The minimum atomic E-state index is 0.130. The summed E-state index contributed by atoms with van der Waals surface area (Å²) in [5.74, 6) is 0. The molecule has 1 aromatic heterocycles. The molecule has 1 unspecified atom stereocenters. The topological polar surface area (TPSA) is 41.9 Å². The van der Waals surface area contributed by atoms with Crippen molar-refractivity contribution in [2.45, 2.75) is 19.5 Å². The van der Waals surface area contributed by atoms with E-state index in [0.29, 0.717) is 11.7 Å². The third kappa shape index (κ3) is 5.05. The second kappa shape index (κ2) is 8.14. The summed E-state index contributed by atoms with van der Waals surface area (Å²) < 4.78 is 1.86. The highest BCUT2D eigenvalue weighted by atomic mass is 35.5. The van der Waals surface area contributed by atoms with Crippen molar-refractivity contribution >= 4 is 34.6 Å². The van der Waals surface area contributed by atoms with Crippen molar-refractivity contribution in [1.29, 1.82) is 0 Å². The summed E-state index contributed by atoms with van der Waals surface area (Å²) in [5, 5.41) is 12.1. The van der Waals surface area contributed by atoms with E-state index in [1.807, 2.05) is 53.3 Å². The third-order valence-corrected chi connectivity index (χ3v) is 4.27. The molecular formula is C19H19ClN4S. The van der Waals surface area contributed by atoms with Gasteiger partial charge in [-0.25, -0.2) is 0 Å². The molecule has 25 heavy (non-hydrogen) atoms. The van der Waals surface area contributed by atoms with Crippen molar-refractivity contribution in [1.82, 2.24) is 15.1 Å². The maximum atomic E-state index is 5.91. The Morgan fingerprint density at radius 1 is 1.16 bits per heavy atom. The van der Waals surface area contributed by atoms with E-state index >= 15 is 0 Å². The first-order valence-corrected chi connectivity index (χ1v) is 8.78. The lowest BCUT2D eigenvalue weighted by Gasteiger charge is -2.16. The SMILES string of the molecule is CC(NC(=S)Nc1cnn(Cc2ccc(Cl)cc2)c1)c1ccccc1. The molecule has 1 heterocycles. The van der Waals surface area contributed by atoms with Gasteiger partial charge in [0.25, 0.3) is 0 Å². The lowest BCUT2D eigenvalue weighted by Crippen LogP contribution is -2.30. The Balaban J connectivity index is 1.55. The Labute approximate surface area is 157 Å². The first-order valence-electron chi connectivity index (χ1n) is 7.99. The first-order chi connectivity index (χ1) is 12.1. The largest absolute Gasteiger partial charge is 0.356 e. The van der Waals surface area contributed by atoms with Crippen molar-refractivity contribution in [3.63, 3.8) is 0 Å². The molecule has 0 radical (unpaired) electrons. The number of nitrogens with zero attached hydrogens (tertiary/aromatic N) is 2. The van der Waals surface area contributed by atoms with Crippen molar-refractivity contribution in [2.75, 3.05) is 5.32 Å². The number of benzene rings is 2. The van der Waals surface area contributed by atoms with Crippen LogP contribution in [0.1, 0.15) is 24.1 Å². The van der Waals surface area contributed by atoms with Crippen molar-refractivity contribution in [3.05, 3.63) is 83.1 Å². The Hall–Kier alpha value is -2.37. The first kappa shape index (κ1) is 17.5. The van der Waals surface area contributed by atoms with E-state index in [2.05, 4.69) is 34.8 Å². The van der Waals surface area contributed by atoms with Crippen LogP contribution in [0.5, 0.6) is 0 Å². The molecule has 128 valence electrons. The van der Waals surface area contributed by atoms with E-state index < -0.39 is 0 Å². The monoisotopic (exact) mass is 370 g/mol. The van der Waals surface area contributed by atoms with Crippen molar-refractivity contribution in [2.24, 2.45) is 0 Å². The number of halogens is 1. The molecule has 1 atom stereocenters. The number of nitrogens with one attached hydrogen (secondary N) is 2. The molecule has 0 fully saturated rings. The zero-order valence-electron chi connectivity index (χ0n) is 13.8. The fraction of sp³-hybridized carbons (Fsp3) is 0.158. The number of thiocarbonyl (C=S) groups is 1. The average Bonchev–Trinajstić information content (AvgIpc) is 3.04. The van der Waals surface area contributed by atoms with Gasteiger partial charge in [-0.15, -0.1) is 0 Å². The predicted molar refractivity (Wildman–Crippen MR) is 107 cm³/mol. The molecule has 3 aromatic rings. The molecule has 6 heteroatoms. The minimum absolute atomic E-state index is 0.130. The van der Waals surface area contributed by atoms with Gasteiger partial charge in [0.2, 0.25) is 0 Å². The number of hydrogen-bond donors (Lipinski definition) is 2. The van der Waals surface area contributed by atoms with Crippen LogP contribution in [0.25, 0.3) is 0 Å². The summed E-state index contributed by atoms with van der Waals surface area (Å²) in [6.45, 7) is 2.76. The van der Waals surface area contributed by atoms with Gasteiger partial charge in [0, 0.05) is 11.2 Å². The summed E-state index contributed by atoms with van der Waals surface area (Å²) in [7, 11) is 0. The van der Waals surface area contributed by atoms with Crippen LogP contribution in [0.3, 0.4) is 0 Å². The molecule has 2 aromatic carbocycles. The second-order valence-electron chi connectivity index (χ2n) is 5.78. The number of hydrogen-bond acceptors (Lipinski definition) is 2. The highest BCUT2D eigenvalue weighted by molar-refractivity contribution is 7.80. The zero-order valence-corrected chi connectivity index (χ0v) is 15.4. The highest BCUT2D eigenvalue weighted by Crippen LogP contribution is 2.14. The van der Waals surface area contributed by atoms with E-state index in [4.69, 9.17) is 23.8 Å². The molecule has 0 bridgehead atoms. The summed E-state index contributed by atoms with van der Waals surface area (Å²) in [6.07, 6.45) is 3.69. The molecule has 0 spiro atoms. The predicted octanol–water partition coefficient (Wildman–Crippen LogP) is 4.63. The van der Waals surface area contributed by atoms with Crippen molar-refractivity contribution in [3.8, 4) is 0 Å². The average molecular weight is 371 g/mol. The van der Waals surface area contributed by atoms with Gasteiger partial charge in [0.15, 0.2) is 5.11 Å². The van der Waals surface area contributed by atoms with Gasteiger partial charge in [-0.2, -0.15) is 5.10 Å². The van der Waals surface area contributed by atoms with E-state index in [1.54, 1.807) is 6.20 Å². The second-order valence-corrected chi connectivity index (χ2v) is 6.63. The van der Waals surface area contributed by atoms with Crippen LogP contribution in [-0.2, 0) is 6.54 Å². The molecule has 0 amide bonds. The van der Waals surface area contributed by atoms with Gasteiger partial charge < -0.3 is 10.6 Å². The van der Waals surface area contributed by atoms with E-state index in [-0.39, 0.29) is 6.04 Å². The lowest BCUT2D eigenvalue weighted by atomic mass is 10.1. The zero-order chi connectivity index (χ0) is 17.6. The molecule has 0 aliphatic heterocycles. The summed E-state index contributed by atoms with van der Waals surface area (Å²) in [4.78, 5) is 0. The van der Waals surface area contributed by atoms with Gasteiger partial charge >= 0.3 is 0 Å². The normalized spacial score (nSPS) is 11.8. The Kier molecular flexibility index (Phi) is 5.68. The summed E-state index contributed by atoms with van der Waals surface area (Å²) in [5.41, 5.74) is 3.18. The molecule has 4 nitrogen and oxygen atoms in total. The number of aromatic nitrogens is 2. The van der Waals surface area contributed by atoms with Crippen LogP contribution in [0.4, 0.5) is 5.69 Å². The van der Waals surface area contributed by atoms with E-state index in [9.17, 15) is 0 Å². The fourth-order valence-electron chi connectivity index (χ4n) is 2.48. The molecule has 0 saturated heterocycles. The Morgan fingerprint density at radius 3 is 2.60 bits per heavy atom. The smallest absolute Gasteiger partial charge is 0.171 e. The summed E-state index contributed by atoms with van der Waals surface area (Å²) in [6, 6.07) is 18.1. The lowest BCUT2D eigenvalue weighted by molar-refractivity contribution is 0.687. The Bertz CT molecular complexity index is 830. The maximum absolute atomic E-state index is 5.91. The van der Waals surface area contributed by atoms with Gasteiger partial charge in [0.05, 0.1) is 24.5 Å². The van der Waals surface area contributed by atoms with E-state index in [0.717, 1.165) is 16.3 Å². The van der Waals surface area contributed by atoms with E-state index in [1.165, 1.54) is 5.56 Å². The molecule has 0 aliphatic carbocycles. The highest BCUT2D eigenvalue weighted by Gasteiger charge is 2.07. The standard InChI is InChI=1S/C19H19ClN4S/c1-14(16-5-3-2-4-6-16)22-19(25)23-18-11-21-24(13-18)12-15-7-9-17(20)10-8-15/h2-11,13-14H,12H2,1H3,(H2,22,23,25). The van der Waals surface area contributed by atoms with Gasteiger partial charge in [-0.05, 0) is 42.4 Å². The quantitative estimate of drug-likeness (QED) is 0.642. The van der Waals surface area contributed by atoms with Crippen LogP contribution in [0.15, 0.2) is 67.0 Å². The number of rotatable bonds is 5. The van der Waals surface area contributed by atoms with Crippen molar-refractivity contribution < 1.29 is 0 Å². The Morgan fingerprint density at radius 2 is 1.88 bits per heavy atom.